The first-order chi connectivity index (χ1) is 10.3. The highest BCUT2D eigenvalue weighted by Gasteiger charge is 2.07. The van der Waals surface area contributed by atoms with E-state index < -0.39 is 0 Å². The van der Waals surface area contributed by atoms with Crippen molar-refractivity contribution in [2.75, 3.05) is 19.0 Å². The molecule has 0 aliphatic heterocycles. The fourth-order valence-corrected chi connectivity index (χ4v) is 2.21. The van der Waals surface area contributed by atoms with Crippen LogP contribution in [0, 0.1) is 0 Å². The summed E-state index contributed by atoms with van der Waals surface area (Å²) in [5, 5.41) is 3.09. The van der Waals surface area contributed by atoms with E-state index in [1.54, 1.807) is 0 Å². The summed E-state index contributed by atoms with van der Waals surface area (Å²) >= 11 is 0. The lowest BCUT2D eigenvalue weighted by atomic mass is 10.0. The normalized spacial score (nSPS) is 10.6. The number of aromatic nitrogens is 2. The fraction of sp³-hybridized carbons (Fsp3) is 0.412. The number of benzene rings is 1. The second-order valence-corrected chi connectivity index (χ2v) is 4.89. The van der Waals surface area contributed by atoms with Crippen molar-refractivity contribution < 1.29 is 4.74 Å². The summed E-state index contributed by atoms with van der Waals surface area (Å²) in [5.74, 6) is 1.52. The Bertz CT molecular complexity index is 584. The highest BCUT2D eigenvalue weighted by atomic mass is 16.5. The first-order valence-corrected chi connectivity index (χ1v) is 7.49. The van der Waals surface area contributed by atoms with Gasteiger partial charge in [0.2, 0.25) is 0 Å². The summed E-state index contributed by atoms with van der Waals surface area (Å²) in [6, 6.07) is 10.5. The molecule has 1 aromatic carbocycles. The molecule has 1 heterocycles. The molecule has 112 valence electrons. The van der Waals surface area contributed by atoms with E-state index in [1.165, 1.54) is 5.56 Å². The van der Waals surface area contributed by atoms with Crippen LogP contribution in [0.3, 0.4) is 0 Å². The molecule has 0 amide bonds. The Hall–Kier alpha value is -1.94. The second kappa shape index (κ2) is 7.74. The zero-order chi connectivity index (χ0) is 15.1. The van der Waals surface area contributed by atoms with E-state index in [4.69, 9.17) is 4.74 Å². The predicted molar refractivity (Wildman–Crippen MR) is 86.3 cm³/mol. The van der Waals surface area contributed by atoms with Crippen molar-refractivity contribution in [3.8, 4) is 11.3 Å². The van der Waals surface area contributed by atoms with Crippen LogP contribution >= 0.6 is 0 Å². The molecule has 0 aliphatic carbocycles. The Morgan fingerprint density at radius 1 is 1.14 bits per heavy atom. The summed E-state index contributed by atoms with van der Waals surface area (Å²) in [4.78, 5) is 9.04. The lowest BCUT2D eigenvalue weighted by molar-refractivity contribution is 0.128. The van der Waals surface area contributed by atoms with Gasteiger partial charge in [0.1, 0.15) is 12.4 Å². The van der Waals surface area contributed by atoms with Crippen LogP contribution in [0.4, 0.5) is 5.82 Å². The topological polar surface area (TPSA) is 47.0 Å². The summed E-state index contributed by atoms with van der Waals surface area (Å²) in [5.41, 5.74) is 3.39. The highest BCUT2D eigenvalue weighted by Crippen LogP contribution is 2.21. The van der Waals surface area contributed by atoms with Crippen LogP contribution in [0.2, 0.25) is 0 Å². The monoisotopic (exact) mass is 285 g/mol. The Morgan fingerprint density at radius 3 is 2.71 bits per heavy atom. The molecule has 0 atom stereocenters. The number of nitrogens with zero attached hydrogens (tertiary/aromatic N) is 2. The molecule has 21 heavy (non-hydrogen) atoms. The molecule has 0 radical (unpaired) electrons. The van der Waals surface area contributed by atoms with Crippen molar-refractivity contribution in [2.24, 2.45) is 0 Å². The molecule has 2 rings (SSSR count). The molecule has 4 heteroatoms. The average molecular weight is 285 g/mol. The fourth-order valence-electron chi connectivity index (χ4n) is 2.21. The summed E-state index contributed by atoms with van der Waals surface area (Å²) in [6.07, 6.45) is 2.23. The molecule has 0 saturated carbocycles. The molecule has 0 aliphatic rings. The number of anilines is 1. The molecule has 0 fully saturated rings. The minimum atomic E-state index is 0.438. The van der Waals surface area contributed by atoms with Crippen LogP contribution in [0.15, 0.2) is 30.3 Å². The maximum Gasteiger partial charge on any atom is 0.157 e. The smallest absolute Gasteiger partial charge is 0.157 e. The van der Waals surface area contributed by atoms with Crippen molar-refractivity contribution >= 4 is 5.82 Å². The Balaban J connectivity index is 2.35. The Kier molecular flexibility index (Phi) is 5.69. The van der Waals surface area contributed by atoms with Gasteiger partial charge in [0.25, 0.3) is 0 Å². The van der Waals surface area contributed by atoms with Gasteiger partial charge in [-0.15, -0.1) is 0 Å². The maximum atomic E-state index is 5.42. The van der Waals surface area contributed by atoms with Crippen LogP contribution in [-0.4, -0.2) is 23.6 Å². The second-order valence-electron chi connectivity index (χ2n) is 4.89. The lowest BCUT2D eigenvalue weighted by Gasteiger charge is -2.09. The van der Waals surface area contributed by atoms with Crippen LogP contribution in [0.25, 0.3) is 11.3 Å². The zero-order valence-electron chi connectivity index (χ0n) is 13.0. The minimum Gasteiger partial charge on any atom is -0.374 e. The van der Waals surface area contributed by atoms with Gasteiger partial charge in [-0.05, 0) is 25.0 Å². The van der Waals surface area contributed by atoms with Gasteiger partial charge in [0.05, 0.1) is 5.69 Å². The quantitative estimate of drug-likeness (QED) is 0.843. The Labute approximate surface area is 126 Å². The van der Waals surface area contributed by atoms with E-state index in [1.807, 2.05) is 20.0 Å². The number of hydrogen-bond donors (Lipinski definition) is 1. The average Bonchev–Trinajstić information content (AvgIpc) is 2.53. The van der Waals surface area contributed by atoms with Crippen LogP contribution in [-0.2, 0) is 17.8 Å². The van der Waals surface area contributed by atoms with E-state index in [9.17, 15) is 0 Å². The summed E-state index contributed by atoms with van der Waals surface area (Å²) < 4.78 is 5.42. The van der Waals surface area contributed by atoms with Crippen LogP contribution in [0.5, 0.6) is 0 Å². The molecule has 0 spiro atoms. The molecule has 2 aromatic rings. The molecule has 0 bridgehead atoms. The number of rotatable bonds is 7. The van der Waals surface area contributed by atoms with Crippen molar-refractivity contribution in [1.29, 1.82) is 0 Å². The third-order valence-electron chi connectivity index (χ3n) is 3.23. The van der Waals surface area contributed by atoms with Crippen LogP contribution < -0.4 is 5.32 Å². The lowest BCUT2D eigenvalue weighted by Crippen LogP contribution is -2.04. The predicted octanol–water partition coefficient (Wildman–Crippen LogP) is 3.67. The molecular weight excluding hydrogens is 262 g/mol. The SMILES string of the molecule is CCCc1cccc(-c2cc(NC)nc(COCC)n2)c1. The van der Waals surface area contributed by atoms with E-state index in [-0.39, 0.29) is 0 Å². The minimum absolute atomic E-state index is 0.438. The van der Waals surface area contributed by atoms with Crippen molar-refractivity contribution in [1.82, 2.24) is 9.97 Å². The van der Waals surface area contributed by atoms with Crippen molar-refractivity contribution in [3.63, 3.8) is 0 Å². The molecule has 0 saturated heterocycles. The van der Waals surface area contributed by atoms with Gasteiger partial charge in [-0.3, -0.25) is 0 Å². The van der Waals surface area contributed by atoms with Gasteiger partial charge in [-0.25, -0.2) is 9.97 Å². The molecule has 1 N–H and O–H groups in total. The largest absolute Gasteiger partial charge is 0.374 e. The maximum absolute atomic E-state index is 5.42. The van der Waals surface area contributed by atoms with E-state index >= 15 is 0 Å². The van der Waals surface area contributed by atoms with Gasteiger partial charge >= 0.3 is 0 Å². The van der Waals surface area contributed by atoms with Gasteiger partial charge in [0, 0.05) is 25.3 Å². The first-order valence-electron chi connectivity index (χ1n) is 7.49. The van der Waals surface area contributed by atoms with E-state index in [0.29, 0.717) is 19.0 Å². The van der Waals surface area contributed by atoms with E-state index in [2.05, 4.69) is 46.5 Å². The molecule has 1 aromatic heterocycles. The van der Waals surface area contributed by atoms with Gasteiger partial charge in [0.15, 0.2) is 5.82 Å². The van der Waals surface area contributed by atoms with Gasteiger partial charge in [-0.1, -0.05) is 31.5 Å². The van der Waals surface area contributed by atoms with Crippen molar-refractivity contribution in [3.05, 3.63) is 41.7 Å². The zero-order valence-corrected chi connectivity index (χ0v) is 13.0. The highest BCUT2D eigenvalue weighted by molar-refractivity contribution is 5.63. The van der Waals surface area contributed by atoms with Gasteiger partial charge in [-0.2, -0.15) is 0 Å². The summed E-state index contributed by atoms with van der Waals surface area (Å²) in [7, 11) is 1.87. The third kappa shape index (κ3) is 4.26. The van der Waals surface area contributed by atoms with Gasteiger partial charge < -0.3 is 10.1 Å². The number of ether oxygens (including phenoxy) is 1. The first kappa shape index (κ1) is 15.4. The van der Waals surface area contributed by atoms with Crippen LogP contribution in [0.1, 0.15) is 31.7 Å². The molecule has 4 nitrogen and oxygen atoms in total. The van der Waals surface area contributed by atoms with E-state index in [0.717, 1.165) is 29.9 Å². The molecular formula is C17H23N3O. The van der Waals surface area contributed by atoms with Crippen molar-refractivity contribution in [2.45, 2.75) is 33.3 Å². The standard InChI is InChI=1S/C17H23N3O/c1-4-7-13-8-6-9-14(10-13)15-11-16(18-3)20-17(19-15)12-21-5-2/h6,8-11H,4-5,7,12H2,1-3H3,(H,18,19,20). The number of hydrogen-bond acceptors (Lipinski definition) is 4. The molecule has 0 unspecified atom stereocenters. The number of aryl methyl sites for hydroxylation is 1. The third-order valence-corrected chi connectivity index (χ3v) is 3.23. The number of nitrogens with one attached hydrogen (secondary N) is 1. The Morgan fingerprint density at radius 2 is 2.00 bits per heavy atom. The summed E-state index contributed by atoms with van der Waals surface area (Å²) in [6.45, 7) is 5.26.